The summed E-state index contributed by atoms with van der Waals surface area (Å²) in [5.74, 6) is 1.22. The Kier molecular flexibility index (Phi) is 4.73. The summed E-state index contributed by atoms with van der Waals surface area (Å²) in [6, 6.07) is 19.1. The molecule has 0 spiro atoms. The molecule has 0 heterocycles. The van der Waals surface area contributed by atoms with E-state index in [9.17, 15) is 4.79 Å². The van der Waals surface area contributed by atoms with Gasteiger partial charge in [0.1, 0.15) is 5.75 Å². The van der Waals surface area contributed by atoms with E-state index in [4.69, 9.17) is 4.74 Å². The van der Waals surface area contributed by atoms with Crippen molar-refractivity contribution in [1.29, 1.82) is 0 Å². The van der Waals surface area contributed by atoms with Crippen LogP contribution in [0.3, 0.4) is 0 Å². The van der Waals surface area contributed by atoms with Crippen LogP contribution in [0.25, 0.3) is 0 Å². The van der Waals surface area contributed by atoms with E-state index >= 15 is 0 Å². The Hall–Kier alpha value is -2.09. The molecule has 1 unspecified atom stereocenters. The van der Waals surface area contributed by atoms with Gasteiger partial charge in [-0.05, 0) is 18.1 Å². The number of para-hydroxylation sites is 1. The summed E-state index contributed by atoms with van der Waals surface area (Å²) >= 11 is 0. The van der Waals surface area contributed by atoms with E-state index in [0.717, 1.165) is 11.3 Å². The molecule has 1 atom stereocenters. The van der Waals surface area contributed by atoms with Crippen LogP contribution in [-0.4, -0.2) is 12.4 Å². The topological polar surface area (TPSA) is 26.3 Å². The molecule has 19 heavy (non-hydrogen) atoms. The molecule has 0 amide bonds. The molecule has 2 rings (SSSR count). The van der Waals surface area contributed by atoms with E-state index < -0.39 is 0 Å². The molecule has 0 saturated carbocycles. The lowest BCUT2D eigenvalue weighted by Gasteiger charge is -2.12. The van der Waals surface area contributed by atoms with Gasteiger partial charge in [0.2, 0.25) is 0 Å². The van der Waals surface area contributed by atoms with Crippen LogP contribution in [-0.2, 0) is 0 Å². The number of ketones is 1. The molecule has 2 nitrogen and oxygen atoms in total. The Morgan fingerprint density at radius 2 is 1.58 bits per heavy atom. The van der Waals surface area contributed by atoms with Crippen molar-refractivity contribution in [3.63, 3.8) is 0 Å². The fraction of sp³-hybridized carbons (Fsp3) is 0.235. The van der Waals surface area contributed by atoms with E-state index in [-0.39, 0.29) is 11.7 Å². The van der Waals surface area contributed by atoms with Crippen molar-refractivity contribution < 1.29 is 9.53 Å². The lowest BCUT2D eigenvalue weighted by atomic mass is 10.0. The summed E-state index contributed by atoms with van der Waals surface area (Å²) in [6.45, 7) is 2.59. The zero-order valence-electron chi connectivity index (χ0n) is 11.1. The number of carbonyl (C=O) groups is 1. The van der Waals surface area contributed by atoms with Gasteiger partial charge in [0.25, 0.3) is 0 Å². The molecule has 0 bridgehead atoms. The first-order valence-corrected chi connectivity index (χ1v) is 6.52. The van der Waals surface area contributed by atoms with Crippen LogP contribution in [0.4, 0.5) is 0 Å². The van der Waals surface area contributed by atoms with Gasteiger partial charge >= 0.3 is 0 Å². The third-order valence-electron chi connectivity index (χ3n) is 2.91. The normalized spacial score (nSPS) is 11.8. The standard InChI is InChI=1S/C17H18O2/c1-14(13-19-16-10-6-3-7-11-16)12-17(18)15-8-4-2-5-9-15/h2-11,14H,12-13H2,1H3. The molecule has 0 fully saturated rings. The zero-order valence-corrected chi connectivity index (χ0v) is 11.1. The first kappa shape index (κ1) is 13.3. The molecule has 0 aliphatic heterocycles. The summed E-state index contributed by atoms with van der Waals surface area (Å²) in [5.41, 5.74) is 0.772. The minimum Gasteiger partial charge on any atom is -0.493 e. The minimum atomic E-state index is 0.171. The molecular formula is C17H18O2. The largest absolute Gasteiger partial charge is 0.493 e. The lowest BCUT2D eigenvalue weighted by molar-refractivity contribution is 0.0949. The van der Waals surface area contributed by atoms with Crippen LogP contribution >= 0.6 is 0 Å². The second-order valence-corrected chi connectivity index (χ2v) is 4.72. The van der Waals surface area contributed by atoms with E-state index in [1.165, 1.54) is 0 Å². The molecule has 0 aliphatic rings. The molecule has 0 aliphatic carbocycles. The Labute approximate surface area is 114 Å². The van der Waals surface area contributed by atoms with E-state index in [2.05, 4.69) is 0 Å². The zero-order chi connectivity index (χ0) is 13.5. The van der Waals surface area contributed by atoms with Crippen molar-refractivity contribution in [3.05, 3.63) is 66.2 Å². The molecule has 2 aromatic rings. The Balaban J connectivity index is 1.81. The van der Waals surface area contributed by atoms with Gasteiger partial charge in [0, 0.05) is 12.0 Å². The molecule has 98 valence electrons. The quantitative estimate of drug-likeness (QED) is 0.729. The highest BCUT2D eigenvalue weighted by molar-refractivity contribution is 5.96. The van der Waals surface area contributed by atoms with Crippen LogP contribution in [0.2, 0.25) is 0 Å². The molecule has 2 heteroatoms. The van der Waals surface area contributed by atoms with Gasteiger partial charge in [-0.1, -0.05) is 55.5 Å². The number of carbonyl (C=O) groups excluding carboxylic acids is 1. The van der Waals surface area contributed by atoms with Crippen molar-refractivity contribution >= 4 is 5.78 Å². The molecule has 0 radical (unpaired) electrons. The highest BCUT2D eigenvalue weighted by atomic mass is 16.5. The third-order valence-corrected chi connectivity index (χ3v) is 2.91. The number of ether oxygens (including phenoxy) is 1. The number of Topliss-reactive ketones (excluding diaryl/α,β-unsaturated/α-hetero) is 1. The van der Waals surface area contributed by atoms with Gasteiger partial charge in [-0.25, -0.2) is 0 Å². The Morgan fingerprint density at radius 3 is 2.21 bits per heavy atom. The van der Waals surface area contributed by atoms with Crippen LogP contribution in [0.15, 0.2) is 60.7 Å². The smallest absolute Gasteiger partial charge is 0.163 e. The van der Waals surface area contributed by atoms with Crippen molar-refractivity contribution in [1.82, 2.24) is 0 Å². The van der Waals surface area contributed by atoms with Gasteiger partial charge in [-0.15, -0.1) is 0 Å². The predicted molar refractivity (Wildman–Crippen MR) is 76.5 cm³/mol. The first-order chi connectivity index (χ1) is 9.25. The van der Waals surface area contributed by atoms with Gasteiger partial charge in [0.05, 0.1) is 6.61 Å². The second-order valence-electron chi connectivity index (χ2n) is 4.72. The molecule has 0 saturated heterocycles. The van der Waals surface area contributed by atoms with Crippen molar-refractivity contribution in [2.24, 2.45) is 5.92 Å². The fourth-order valence-electron chi connectivity index (χ4n) is 1.87. The first-order valence-electron chi connectivity index (χ1n) is 6.52. The molecule has 0 N–H and O–H groups in total. The maximum atomic E-state index is 12.0. The Bertz CT molecular complexity index is 505. The van der Waals surface area contributed by atoms with E-state index in [1.807, 2.05) is 67.6 Å². The third kappa shape index (κ3) is 4.25. The fourth-order valence-corrected chi connectivity index (χ4v) is 1.87. The average Bonchev–Trinajstić information content (AvgIpc) is 2.47. The van der Waals surface area contributed by atoms with Crippen molar-refractivity contribution in [2.45, 2.75) is 13.3 Å². The minimum absolute atomic E-state index is 0.171. The van der Waals surface area contributed by atoms with E-state index in [1.54, 1.807) is 0 Å². The summed E-state index contributed by atoms with van der Waals surface area (Å²) in [6.07, 6.45) is 0.511. The summed E-state index contributed by atoms with van der Waals surface area (Å²) in [7, 11) is 0. The molecular weight excluding hydrogens is 236 g/mol. The number of benzene rings is 2. The van der Waals surface area contributed by atoms with Crippen LogP contribution < -0.4 is 4.74 Å². The monoisotopic (exact) mass is 254 g/mol. The van der Waals surface area contributed by atoms with Gasteiger partial charge in [-0.2, -0.15) is 0 Å². The summed E-state index contributed by atoms with van der Waals surface area (Å²) in [5, 5.41) is 0. The van der Waals surface area contributed by atoms with Gasteiger partial charge in [-0.3, -0.25) is 4.79 Å². The van der Waals surface area contributed by atoms with E-state index in [0.29, 0.717) is 13.0 Å². The molecule has 2 aromatic carbocycles. The highest BCUT2D eigenvalue weighted by Crippen LogP contribution is 2.13. The van der Waals surface area contributed by atoms with Crippen LogP contribution in [0, 0.1) is 5.92 Å². The average molecular weight is 254 g/mol. The Morgan fingerprint density at radius 1 is 1.00 bits per heavy atom. The summed E-state index contributed by atoms with van der Waals surface area (Å²) in [4.78, 5) is 12.0. The highest BCUT2D eigenvalue weighted by Gasteiger charge is 2.11. The van der Waals surface area contributed by atoms with Crippen LogP contribution in [0.1, 0.15) is 23.7 Å². The summed E-state index contributed by atoms with van der Waals surface area (Å²) < 4.78 is 5.65. The second kappa shape index (κ2) is 6.74. The number of rotatable bonds is 6. The van der Waals surface area contributed by atoms with Crippen LogP contribution in [0.5, 0.6) is 5.75 Å². The van der Waals surface area contributed by atoms with Crippen molar-refractivity contribution in [3.8, 4) is 5.75 Å². The number of hydrogen-bond acceptors (Lipinski definition) is 2. The van der Waals surface area contributed by atoms with Crippen molar-refractivity contribution in [2.75, 3.05) is 6.61 Å². The lowest BCUT2D eigenvalue weighted by Crippen LogP contribution is -2.13. The maximum absolute atomic E-state index is 12.0. The maximum Gasteiger partial charge on any atom is 0.163 e. The molecule has 0 aromatic heterocycles. The van der Waals surface area contributed by atoms with Gasteiger partial charge in [0.15, 0.2) is 5.78 Å². The number of hydrogen-bond donors (Lipinski definition) is 0. The van der Waals surface area contributed by atoms with Gasteiger partial charge < -0.3 is 4.74 Å². The predicted octanol–water partition coefficient (Wildman–Crippen LogP) is 3.97. The SMILES string of the molecule is CC(COc1ccccc1)CC(=O)c1ccccc1.